The molecular weight excluding hydrogens is 274 g/mol. The SMILES string of the molecule is CCc1ccc(S(=O)(=O)N(C)CC(F)F)cc1CN. The summed E-state index contributed by atoms with van der Waals surface area (Å²) in [4.78, 5) is -0.00620. The van der Waals surface area contributed by atoms with Crippen LogP contribution in [0.5, 0.6) is 0 Å². The molecule has 0 fully saturated rings. The summed E-state index contributed by atoms with van der Waals surface area (Å²) in [5, 5.41) is 0. The fourth-order valence-electron chi connectivity index (χ4n) is 1.77. The van der Waals surface area contributed by atoms with Gasteiger partial charge in [0, 0.05) is 13.6 Å². The van der Waals surface area contributed by atoms with Crippen LogP contribution >= 0.6 is 0 Å². The van der Waals surface area contributed by atoms with Crippen molar-refractivity contribution in [2.24, 2.45) is 5.73 Å². The normalized spacial score (nSPS) is 12.4. The molecule has 0 radical (unpaired) electrons. The fourth-order valence-corrected chi connectivity index (χ4v) is 2.97. The second kappa shape index (κ2) is 6.40. The van der Waals surface area contributed by atoms with E-state index in [9.17, 15) is 17.2 Å². The highest BCUT2D eigenvalue weighted by atomic mass is 32.2. The third-order valence-corrected chi connectivity index (χ3v) is 4.70. The van der Waals surface area contributed by atoms with Crippen LogP contribution in [-0.4, -0.2) is 32.7 Å². The molecule has 2 N–H and O–H groups in total. The zero-order valence-corrected chi connectivity index (χ0v) is 11.8. The first-order valence-corrected chi connectivity index (χ1v) is 7.33. The van der Waals surface area contributed by atoms with Crippen molar-refractivity contribution in [1.82, 2.24) is 4.31 Å². The molecule has 0 aliphatic carbocycles. The summed E-state index contributed by atoms with van der Waals surface area (Å²) in [5.41, 5.74) is 7.24. The van der Waals surface area contributed by atoms with Gasteiger partial charge in [0.1, 0.15) is 0 Å². The maximum atomic E-state index is 12.3. The largest absolute Gasteiger partial charge is 0.326 e. The highest BCUT2D eigenvalue weighted by molar-refractivity contribution is 7.89. The summed E-state index contributed by atoms with van der Waals surface area (Å²) in [6.45, 7) is 1.33. The van der Waals surface area contributed by atoms with Gasteiger partial charge in [-0.2, -0.15) is 4.31 Å². The molecule has 1 rings (SSSR count). The summed E-state index contributed by atoms with van der Waals surface area (Å²) >= 11 is 0. The number of alkyl halides is 2. The minimum absolute atomic E-state index is 0.00620. The number of hydrogen-bond acceptors (Lipinski definition) is 3. The van der Waals surface area contributed by atoms with Gasteiger partial charge >= 0.3 is 0 Å². The summed E-state index contributed by atoms with van der Waals surface area (Å²) in [5.74, 6) is 0. The number of aryl methyl sites for hydroxylation is 1. The Balaban J connectivity index is 3.15. The molecule has 0 spiro atoms. The number of sulfonamides is 1. The molecule has 0 aliphatic heterocycles. The van der Waals surface area contributed by atoms with Crippen molar-refractivity contribution in [2.75, 3.05) is 13.6 Å². The van der Waals surface area contributed by atoms with Crippen molar-refractivity contribution in [3.05, 3.63) is 29.3 Å². The molecule has 108 valence electrons. The van der Waals surface area contributed by atoms with Gasteiger partial charge in [0.25, 0.3) is 6.43 Å². The second-order valence-electron chi connectivity index (χ2n) is 4.16. The molecule has 0 heterocycles. The third kappa shape index (κ3) is 3.71. The third-order valence-electron chi connectivity index (χ3n) is 2.88. The molecular formula is C12H18F2N2O2S. The van der Waals surface area contributed by atoms with Gasteiger partial charge in [-0.15, -0.1) is 0 Å². The maximum absolute atomic E-state index is 12.3. The molecule has 0 saturated carbocycles. The lowest BCUT2D eigenvalue weighted by atomic mass is 10.1. The van der Waals surface area contributed by atoms with E-state index in [1.807, 2.05) is 6.92 Å². The average molecular weight is 292 g/mol. The summed E-state index contributed by atoms with van der Waals surface area (Å²) in [6, 6.07) is 4.55. The van der Waals surface area contributed by atoms with Crippen LogP contribution in [0.4, 0.5) is 8.78 Å². The van der Waals surface area contributed by atoms with E-state index < -0.39 is 23.0 Å². The monoisotopic (exact) mass is 292 g/mol. The van der Waals surface area contributed by atoms with E-state index in [1.165, 1.54) is 12.1 Å². The number of nitrogens with zero attached hydrogens (tertiary/aromatic N) is 1. The molecule has 0 aromatic heterocycles. The molecule has 0 atom stereocenters. The smallest absolute Gasteiger partial charge is 0.252 e. The quantitative estimate of drug-likeness (QED) is 0.866. The molecule has 4 nitrogen and oxygen atoms in total. The Hall–Kier alpha value is -1.05. The van der Waals surface area contributed by atoms with Gasteiger partial charge in [-0.3, -0.25) is 0 Å². The van der Waals surface area contributed by atoms with Gasteiger partial charge in [0.05, 0.1) is 11.4 Å². The Morgan fingerprint density at radius 2 is 1.95 bits per heavy atom. The molecule has 7 heteroatoms. The van der Waals surface area contributed by atoms with Crippen LogP contribution in [-0.2, 0) is 23.0 Å². The Bertz CT molecular complexity index is 533. The van der Waals surface area contributed by atoms with Gasteiger partial charge in [-0.25, -0.2) is 17.2 Å². The molecule has 1 aromatic carbocycles. The first-order valence-electron chi connectivity index (χ1n) is 5.89. The Kier molecular flexibility index (Phi) is 5.39. The van der Waals surface area contributed by atoms with Crippen LogP contribution in [0, 0.1) is 0 Å². The van der Waals surface area contributed by atoms with E-state index in [0.29, 0.717) is 9.87 Å². The Morgan fingerprint density at radius 1 is 1.32 bits per heavy atom. The predicted octanol–water partition coefficient (Wildman–Crippen LogP) is 1.59. The lowest BCUT2D eigenvalue weighted by Gasteiger charge is -2.17. The van der Waals surface area contributed by atoms with E-state index in [4.69, 9.17) is 5.73 Å². The molecule has 0 amide bonds. The number of nitrogens with two attached hydrogens (primary N) is 1. The highest BCUT2D eigenvalue weighted by Crippen LogP contribution is 2.20. The summed E-state index contributed by atoms with van der Waals surface area (Å²) in [6.07, 6.45) is -1.97. The van der Waals surface area contributed by atoms with E-state index in [2.05, 4.69) is 0 Å². The van der Waals surface area contributed by atoms with Crippen LogP contribution in [0.3, 0.4) is 0 Å². The van der Waals surface area contributed by atoms with Crippen molar-refractivity contribution in [3.63, 3.8) is 0 Å². The van der Waals surface area contributed by atoms with Crippen molar-refractivity contribution >= 4 is 10.0 Å². The molecule has 19 heavy (non-hydrogen) atoms. The van der Waals surface area contributed by atoms with Crippen molar-refractivity contribution in [2.45, 2.75) is 31.2 Å². The second-order valence-corrected chi connectivity index (χ2v) is 6.21. The molecule has 1 aromatic rings. The molecule has 0 unspecified atom stereocenters. The zero-order chi connectivity index (χ0) is 14.6. The zero-order valence-electron chi connectivity index (χ0n) is 10.9. The number of benzene rings is 1. The van der Waals surface area contributed by atoms with E-state index in [0.717, 1.165) is 19.0 Å². The van der Waals surface area contributed by atoms with Crippen LogP contribution in [0.1, 0.15) is 18.1 Å². The van der Waals surface area contributed by atoms with Crippen molar-refractivity contribution in [1.29, 1.82) is 0 Å². The standard InChI is InChI=1S/C12H18F2N2O2S/c1-3-9-4-5-11(6-10(9)7-15)19(17,18)16(2)8-12(13)14/h4-6,12H,3,7-8,15H2,1-2H3. The van der Waals surface area contributed by atoms with Crippen LogP contribution in [0.15, 0.2) is 23.1 Å². The van der Waals surface area contributed by atoms with Crippen LogP contribution in [0.25, 0.3) is 0 Å². The fraction of sp³-hybridized carbons (Fsp3) is 0.500. The van der Waals surface area contributed by atoms with Gasteiger partial charge in [0.15, 0.2) is 0 Å². The van der Waals surface area contributed by atoms with Gasteiger partial charge in [-0.05, 0) is 29.7 Å². The summed E-state index contributed by atoms with van der Waals surface area (Å²) in [7, 11) is -2.76. The van der Waals surface area contributed by atoms with Gasteiger partial charge in [0.2, 0.25) is 10.0 Å². The van der Waals surface area contributed by atoms with Crippen LogP contribution in [0.2, 0.25) is 0 Å². The lowest BCUT2D eigenvalue weighted by Crippen LogP contribution is -2.31. The Labute approximate surface area is 112 Å². The van der Waals surface area contributed by atoms with Crippen molar-refractivity contribution in [3.8, 4) is 0 Å². The first kappa shape index (κ1) is 16.0. The van der Waals surface area contributed by atoms with Crippen molar-refractivity contribution < 1.29 is 17.2 Å². The highest BCUT2D eigenvalue weighted by Gasteiger charge is 2.24. The average Bonchev–Trinajstić information content (AvgIpc) is 2.36. The van der Waals surface area contributed by atoms with Gasteiger partial charge < -0.3 is 5.73 Å². The molecule has 0 bridgehead atoms. The van der Waals surface area contributed by atoms with E-state index in [-0.39, 0.29) is 11.4 Å². The number of rotatable bonds is 6. The maximum Gasteiger partial charge on any atom is 0.252 e. The van der Waals surface area contributed by atoms with Crippen LogP contribution < -0.4 is 5.73 Å². The van der Waals surface area contributed by atoms with E-state index in [1.54, 1.807) is 6.07 Å². The minimum Gasteiger partial charge on any atom is -0.326 e. The van der Waals surface area contributed by atoms with Gasteiger partial charge in [-0.1, -0.05) is 13.0 Å². The number of halogens is 2. The summed E-state index contributed by atoms with van der Waals surface area (Å²) < 4.78 is 49.4. The molecule has 0 saturated heterocycles. The molecule has 0 aliphatic rings. The topological polar surface area (TPSA) is 63.4 Å². The minimum atomic E-state index is -3.89. The Morgan fingerprint density at radius 3 is 2.42 bits per heavy atom. The first-order chi connectivity index (χ1) is 8.82. The number of hydrogen-bond donors (Lipinski definition) is 1. The van der Waals surface area contributed by atoms with E-state index >= 15 is 0 Å². The lowest BCUT2D eigenvalue weighted by molar-refractivity contribution is 0.126. The predicted molar refractivity (Wildman–Crippen MR) is 69.5 cm³/mol.